The first kappa shape index (κ1) is 13.6. The van der Waals surface area contributed by atoms with Crippen molar-refractivity contribution in [1.29, 1.82) is 0 Å². The van der Waals surface area contributed by atoms with Crippen LogP contribution in [0.3, 0.4) is 0 Å². The molecule has 104 valence electrons. The van der Waals surface area contributed by atoms with Gasteiger partial charge in [0.05, 0.1) is 0 Å². The van der Waals surface area contributed by atoms with Gasteiger partial charge in [0.1, 0.15) is 11.5 Å². The molecule has 7 nitrogen and oxygen atoms in total. The van der Waals surface area contributed by atoms with Crippen LogP contribution in [0.4, 0.5) is 10.7 Å². The highest BCUT2D eigenvalue weighted by Gasteiger charge is 2.09. The molecule has 0 aliphatic heterocycles. The lowest BCUT2D eigenvalue weighted by Gasteiger charge is -2.16. The van der Waals surface area contributed by atoms with Gasteiger partial charge in [0.15, 0.2) is 6.23 Å². The van der Waals surface area contributed by atoms with Crippen LogP contribution in [0.1, 0.15) is 6.92 Å². The summed E-state index contributed by atoms with van der Waals surface area (Å²) >= 11 is 0. The number of rotatable bonds is 4. The molecule has 2 rings (SSSR count). The molecule has 7 heteroatoms. The van der Waals surface area contributed by atoms with Gasteiger partial charge in [-0.1, -0.05) is 0 Å². The Kier molecular flexibility index (Phi) is 4.33. The van der Waals surface area contributed by atoms with E-state index in [0.29, 0.717) is 5.75 Å². The van der Waals surface area contributed by atoms with E-state index >= 15 is 0 Å². The molecule has 0 spiro atoms. The van der Waals surface area contributed by atoms with Crippen LogP contribution in [-0.2, 0) is 0 Å². The Labute approximate surface area is 115 Å². The fourth-order valence-electron chi connectivity index (χ4n) is 1.44. The highest BCUT2D eigenvalue weighted by molar-refractivity contribution is 5.87. The van der Waals surface area contributed by atoms with Crippen molar-refractivity contribution in [3.05, 3.63) is 42.7 Å². The number of anilines is 1. The van der Waals surface area contributed by atoms with E-state index in [2.05, 4.69) is 20.6 Å². The maximum Gasteiger partial charge on any atom is 0.324 e. The van der Waals surface area contributed by atoms with E-state index in [1.165, 1.54) is 24.5 Å². The number of hydrogen-bond donors (Lipinski definition) is 3. The van der Waals surface area contributed by atoms with Crippen molar-refractivity contribution < 1.29 is 14.6 Å². The van der Waals surface area contributed by atoms with E-state index in [0.717, 1.165) is 0 Å². The van der Waals surface area contributed by atoms with Crippen LogP contribution in [0.5, 0.6) is 11.5 Å². The number of phenolic OH excluding ortho intramolecular Hbond substituents is 1. The molecule has 1 heterocycles. The van der Waals surface area contributed by atoms with Crippen molar-refractivity contribution in [3.8, 4) is 11.5 Å². The first-order valence-electron chi connectivity index (χ1n) is 5.94. The minimum absolute atomic E-state index is 0.150. The summed E-state index contributed by atoms with van der Waals surface area (Å²) in [6.45, 7) is 1.68. The number of phenols is 1. The summed E-state index contributed by atoms with van der Waals surface area (Å²) in [5, 5.41) is 14.2. The van der Waals surface area contributed by atoms with Gasteiger partial charge in [0, 0.05) is 12.4 Å². The molecular weight excluding hydrogens is 260 g/mol. The van der Waals surface area contributed by atoms with Crippen LogP contribution < -0.4 is 15.4 Å². The number of aromatic nitrogens is 2. The lowest BCUT2D eigenvalue weighted by molar-refractivity contribution is 0.183. The molecule has 0 bridgehead atoms. The molecule has 0 radical (unpaired) electrons. The molecule has 20 heavy (non-hydrogen) atoms. The first-order valence-corrected chi connectivity index (χ1v) is 5.94. The van der Waals surface area contributed by atoms with E-state index in [-0.39, 0.29) is 11.7 Å². The summed E-state index contributed by atoms with van der Waals surface area (Å²) in [7, 11) is 0. The Morgan fingerprint density at radius 3 is 2.55 bits per heavy atom. The normalized spacial score (nSPS) is 11.4. The summed E-state index contributed by atoms with van der Waals surface area (Å²) in [5.74, 6) is 0.894. The van der Waals surface area contributed by atoms with Gasteiger partial charge in [-0.2, -0.15) is 0 Å². The zero-order valence-corrected chi connectivity index (χ0v) is 10.8. The number of nitrogens with zero attached hydrogens (tertiary/aromatic N) is 2. The second-order valence-electron chi connectivity index (χ2n) is 3.92. The van der Waals surface area contributed by atoms with Crippen LogP contribution >= 0.6 is 0 Å². The summed E-state index contributed by atoms with van der Waals surface area (Å²) in [5.41, 5.74) is 0. The number of urea groups is 1. The van der Waals surface area contributed by atoms with Crippen LogP contribution in [0, 0.1) is 0 Å². The molecule has 1 aromatic carbocycles. The average molecular weight is 274 g/mol. The molecular formula is C13H14N4O3. The van der Waals surface area contributed by atoms with E-state index < -0.39 is 12.3 Å². The summed E-state index contributed by atoms with van der Waals surface area (Å²) in [6, 6.07) is 7.39. The van der Waals surface area contributed by atoms with Crippen LogP contribution in [0.15, 0.2) is 42.7 Å². The van der Waals surface area contributed by atoms with E-state index in [9.17, 15) is 4.79 Å². The molecule has 2 aromatic rings. The van der Waals surface area contributed by atoms with Gasteiger partial charge in [0.2, 0.25) is 5.95 Å². The third-order valence-electron chi connectivity index (χ3n) is 2.28. The molecule has 0 saturated carbocycles. The van der Waals surface area contributed by atoms with Gasteiger partial charge in [-0.15, -0.1) is 0 Å². The Morgan fingerprint density at radius 1 is 1.25 bits per heavy atom. The lowest BCUT2D eigenvalue weighted by atomic mass is 10.3. The number of ether oxygens (including phenoxy) is 1. The Bertz CT molecular complexity index is 560. The van der Waals surface area contributed by atoms with Crippen LogP contribution in [-0.4, -0.2) is 27.3 Å². The highest BCUT2D eigenvalue weighted by Crippen LogP contribution is 2.16. The number of carbonyl (C=O) groups is 1. The molecule has 0 fully saturated rings. The zero-order chi connectivity index (χ0) is 14.4. The molecule has 1 aromatic heterocycles. The summed E-state index contributed by atoms with van der Waals surface area (Å²) < 4.78 is 5.45. The largest absolute Gasteiger partial charge is 0.508 e. The molecule has 3 N–H and O–H groups in total. The molecule has 0 aliphatic rings. The lowest BCUT2D eigenvalue weighted by Crippen LogP contribution is -2.39. The van der Waals surface area contributed by atoms with E-state index in [1.807, 2.05) is 0 Å². The second-order valence-corrected chi connectivity index (χ2v) is 3.92. The number of benzene rings is 1. The SMILES string of the molecule is CC(NC(=O)Nc1ncccn1)Oc1ccc(O)cc1. The molecule has 0 saturated heterocycles. The molecule has 1 atom stereocenters. The Balaban J connectivity index is 1.83. The predicted octanol–water partition coefficient (Wildman–Crippen LogP) is 1.73. The van der Waals surface area contributed by atoms with Gasteiger partial charge < -0.3 is 15.2 Å². The van der Waals surface area contributed by atoms with Crippen molar-refractivity contribution in [1.82, 2.24) is 15.3 Å². The van der Waals surface area contributed by atoms with Gasteiger partial charge in [-0.25, -0.2) is 14.8 Å². The fourth-order valence-corrected chi connectivity index (χ4v) is 1.44. The minimum Gasteiger partial charge on any atom is -0.508 e. The average Bonchev–Trinajstić information content (AvgIpc) is 2.42. The maximum absolute atomic E-state index is 11.6. The maximum atomic E-state index is 11.6. The second kappa shape index (κ2) is 6.37. The van der Waals surface area contributed by atoms with Gasteiger partial charge in [-0.3, -0.25) is 5.32 Å². The molecule has 0 aliphatic carbocycles. The third kappa shape index (κ3) is 4.13. The minimum atomic E-state index is -0.553. The van der Waals surface area contributed by atoms with E-state index in [1.54, 1.807) is 25.1 Å². The van der Waals surface area contributed by atoms with Crippen molar-refractivity contribution in [2.75, 3.05) is 5.32 Å². The number of nitrogens with one attached hydrogen (secondary N) is 2. The molecule has 1 unspecified atom stereocenters. The Morgan fingerprint density at radius 2 is 1.90 bits per heavy atom. The zero-order valence-electron chi connectivity index (χ0n) is 10.8. The smallest absolute Gasteiger partial charge is 0.324 e. The standard InChI is InChI=1S/C13H14N4O3/c1-9(20-11-5-3-10(18)4-6-11)16-13(19)17-12-14-7-2-8-15-12/h2-9,18H,1H3,(H2,14,15,16,17,19). The third-order valence-corrected chi connectivity index (χ3v) is 2.28. The van der Waals surface area contributed by atoms with Gasteiger partial charge in [-0.05, 0) is 37.3 Å². The summed E-state index contributed by atoms with van der Waals surface area (Å²) in [4.78, 5) is 19.4. The van der Waals surface area contributed by atoms with E-state index in [4.69, 9.17) is 9.84 Å². The highest BCUT2D eigenvalue weighted by atomic mass is 16.5. The number of aromatic hydroxyl groups is 1. The van der Waals surface area contributed by atoms with Crippen molar-refractivity contribution in [2.24, 2.45) is 0 Å². The summed E-state index contributed by atoms with van der Waals surface area (Å²) in [6.07, 6.45) is 2.50. The topological polar surface area (TPSA) is 96.4 Å². The Hall–Kier alpha value is -2.83. The van der Waals surface area contributed by atoms with Crippen molar-refractivity contribution in [3.63, 3.8) is 0 Å². The number of amides is 2. The van der Waals surface area contributed by atoms with Crippen LogP contribution in [0.2, 0.25) is 0 Å². The fraction of sp³-hybridized carbons (Fsp3) is 0.154. The van der Waals surface area contributed by atoms with Gasteiger partial charge >= 0.3 is 6.03 Å². The first-order chi connectivity index (χ1) is 9.63. The van der Waals surface area contributed by atoms with Crippen molar-refractivity contribution in [2.45, 2.75) is 13.2 Å². The predicted molar refractivity (Wildman–Crippen MR) is 72.4 cm³/mol. The monoisotopic (exact) mass is 274 g/mol. The van der Waals surface area contributed by atoms with Crippen LogP contribution in [0.25, 0.3) is 0 Å². The number of hydrogen-bond acceptors (Lipinski definition) is 5. The van der Waals surface area contributed by atoms with Gasteiger partial charge in [0.25, 0.3) is 0 Å². The molecule has 2 amide bonds. The number of carbonyl (C=O) groups excluding carboxylic acids is 1. The quantitative estimate of drug-likeness (QED) is 0.738. The van der Waals surface area contributed by atoms with Crippen molar-refractivity contribution >= 4 is 12.0 Å².